The Kier molecular flexibility index (Phi) is 3.62. The lowest BCUT2D eigenvalue weighted by Gasteiger charge is -2.21. The molecule has 1 aromatic rings. The van der Waals surface area contributed by atoms with E-state index in [4.69, 9.17) is 0 Å². The van der Waals surface area contributed by atoms with E-state index in [2.05, 4.69) is 26.6 Å². The quantitative estimate of drug-likeness (QED) is 0.758. The van der Waals surface area contributed by atoms with Gasteiger partial charge in [0.05, 0.1) is 12.2 Å². The molecular formula is C14H16BrN3O3. The highest BCUT2D eigenvalue weighted by molar-refractivity contribution is 9.10. The van der Waals surface area contributed by atoms with Gasteiger partial charge in [-0.1, -0.05) is 0 Å². The lowest BCUT2D eigenvalue weighted by atomic mass is 10.1. The van der Waals surface area contributed by atoms with Crippen molar-refractivity contribution in [3.63, 3.8) is 0 Å². The van der Waals surface area contributed by atoms with Crippen LogP contribution in [0.15, 0.2) is 16.6 Å². The van der Waals surface area contributed by atoms with Gasteiger partial charge in [-0.15, -0.1) is 0 Å². The Balaban J connectivity index is 1.77. The SMILES string of the molecule is CN(CC(=O)NC1CC1)c1cc2c(cc1Br)C(O)C(=O)N2. The van der Waals surface area contributed by atoms with Gasteiger partial charge in [0.25, 0.3) is 5.91 Å². The number of likely N-dealkylation sites (N-methyl/N-ethyl adjacent to an activating group) is 1. The minimum absolute atomic E-state index is 0.0172. The molecule has 3 N–H and O–H groups in total. The summed E-state index contributed by atoms with van der Waals surface area (Å²) in [6.07, 6.45) is 0.984. The smallest absolute Gasteiger partial charge is 0.257 e. The van der Waals surface area contributed by atoms with Gasteiger partial charge < -0.3 is 20.6 Å². The zero-order valence-corrected chi connectivity index (χ0v) is 13.1. The summed E-state index contributed by atoms with van der Waals surface area (Å²) in [5, 5.41) is 15.3. The Hall–Kier alpha value is -1.60. The molecule has 0 bridgehead atoms. The first-order valence-corrected chi connectivity index (χ1v) is 7.58. The van der Waals surface area contributed by atoms with Crippen molar-refractivity contribution in [1.82, 2.24) is 5.32 Å². The van der Waals surface area contributed by atoms with Crippen LogP contribution in [0, 0.1) is 0 Å². The standard InChI is InChI=1S/C14H16BrN3O3/c1-18(6-12(19)16-7-2-3-7)11-5-10-8(4-9(11)15)13(20)14(21)17-10/h4-5,7,13,20H,2-3,6H2,1H3,(H,16,19)(H,17,21). The number of aliphatic hydroxyl groups is 1. The molecule has 0 aromatic heterocycles. The Morgan fingerprint density at radius 1 is 1.52 bits per heavy atom. The van der Waals surface area contributed by atoms with Crippen molar-refractivity contribution < 1.29 is 14.7 Å². The number of fused-ring (bicyclic) bond motifs is 1. The lowest BCUT2D eigenvalue weighted by Crippen LogP contribution is -2.36. The van der Waals surface area contributed by atoms with Crippen LogP contribution in [0.5, 0.6) is 0 Å². The molecule has 1 unspecified atom stereocenters. The van der Waals surface area contributed by atoms with Gasteiger partial charge >= 0.3 is 0 Å². The summed E-state index contributed by atoms with van der Waals surface area (Å²) in [6, 6.07) is 3.81. The topological polar surface area (TPSA) is 81.7 Å². The molecule has 1 aromatic carbocycles. The number of hydrogen-bond acceptors (Lipinski definition) is 4. The predicted octanol–water partition coefficient (Wildman–Crippen LogP) is 1.15. The van der Waals surface area contributed by atoms with Gasteiger partial charge in [0.15, 0.2) is 6.10 Å². The molecule has 0 saturated heterocycles. The molecule has 0 spiro atoms. The Morgan fingerprint density at radius 3 is 2.90 bits per heavy atom. The minimum Gasteiger partial charge on any atom is -0.378 e. The zero-order valence-electron chi connectivity index (χ0n) is 11.5. The Morgan fingerprint density at radius 2 is 2.24 bits per heavy atom. The molecule has 2 aliphatic rings. The number of nitrogens with zero attached hydrogens (tertiary/aromatic N) is 1. The van der Waals surface area contributed by atoms with E-state index in [0.29, 0.717) is 17.3 Å². The van der Waals surface area contributed by atoms with Crippen LogP contribution in [0.25, 0.3) is 0 Å². The summed E-state index contributed by atoms with van der Waals surface area (Å²) >= 11 is 3.43. The number of aliphatic hydroxyl groups excluding tert-OH is 1. The van der Waals surface area contributed by atoms with Crippen molar-refractivity contribution in [2.24, 2.45) is 0 Å². The van der Waals surface area contributed by atoms with Gasteiger partial charge in [-0.2, -0.15) is 0 Å². The summed E-state index contributed by atoms with van der Waals surface area (Å²) in [4.78, 5) is 25.1. The van der Waals surface area contributed by atoms with Crippen LogP contribution >= 0.6 is 15.9 Å². The van der Waals surface area contributed by atoms with Gasteiger partial charge in [-0.3, -0.25) is 9.59 Å². The molecule has 112 valence electrons. The molecule has 7 heteroatoms. The van der Waals surface area contributed by atoms with Gasteiger partial charge in [-0.25, -0.2) is 0 Å². The normalized spacial score (nSPS) is 20.0. The second-order valence-electron chi connectivity index (χ2n) is 5.48. The van der Waals surface area contributed by atoms with E-state index in [9.17, 15) is 14.7 Å². The molecule has 3 rings (SSSR count). The number of carbonyl (C=O) groups is 2. The lowest BCUT2D eigenvalue weighted by molar-refractivity contribution is -0.123. The fourth-order valence-electron chi connectivity index (χ4n) is 2.35. The maximum atomic E-state index is 11.8. The van der Waals surface area contributed by atoms with Crippen LogP contribution in [0.3, 0.4) is 0 Å². The first-order valence-electron chi connectivity index (χ1n) is 6.78. The Labute approximate surface area is 130 Å². The molecule has 1 fully saturated rings. The number of hydrogen-bond donors (Lipinski definition) is 3. The van der Waals surface area contributed by atoms with E-state index in [1.807, 2.05) is 7.05 Å². The highest BCUT2D eigenvalue weighted by Crippen LogP contribution is 2.38. The molecular weight excluding hydrogens is 338 g/mol. The third kappa shape index (κ3) is 2.89. The number of carbonyl (C=O) groups excluding carboxylic acids is 2. The summed E-state index contributed by atoms with van der Waals surface area (Å²) in [5.74, 6) is -0.445. The van der Waals surface area contributed by atoms with Gasteiger partial charge in [0.2, 0.25) is 5.91 Å². The average Bonchev–Trinajstić information content (AvgIpc) is 3.18. The van der Waals surface area contributed by atoms with E-state index in [1.165, 1.54) is 0 Å². The number of rotatable bonds is 4. The van der Waals surface area contributed by atoms with Crippen LogP contribution in [-0.4, -0.2) is 36.6 Å². The van der Waals surface area contributed by atoms with Gasteiger partial charge in [0.1, 0.15) is 0 Å². The van der Waals surface area contributed by atoms with E-state index in [0.717, 1.165) is 23.0 Å². The fourth-order valence-corrected chi connectivity index (χ4v) is 3.01. The molecule has 1 saturated carbocycles. The monoisotopic (exact) mass is 353 g/mol. The summed E-state index contributed by atoms with van der Waals surface area (Å²) in [6.45, 7) is 0.240. The Bertz CT molecular complexity index is 616. The largest absolute Gasteiger partial charge is 0.378 e. The van der Waals surface area contributed by atoms with Crippen LogP contribution in [0.2, 0.25) is 0 Å². The maximum absolute atomic E-state index is 11.8. The molecule has 1 heterocycles. The van der Waals surface area contributed by atoms with Crippen LogP contribution in [0.1, 0.15) is 24.5 Å². The number of halogens is 1. The van der Waals surface area contributed by atoms with Crippen molar-refractivity contribution >= 4 is 39.1 Å². The van der Waals surface area contributed by atoms with Crippen LogP contribution < -0.4 is 15.5 Å². The minimum atomic E-state index is -1.13. The number of benzene rings is 1. The second kappa shape index (κ2) is 5.31. The van der Waals surface area contributed by atoms with Crippen molar-refractivity contribution in [2.75, 3.05) is 23.8 Å². The molecule has 1 aliphatic carbocycles. The van der Waals surface area contributed by atoms with Gasteiger partial charge in [-0.05, 0) is 40.9 Å². The van der Waals surface area contributed by atoms with Crippen LogP contribution in [-0.2, 0) is 9.59 Å². The first kappa shape index (κ1) is 14.3. The van der Waals surface area contributed by atoms with E-state index < -0.39 is 12.0 Å². The molecule has 2 amide bonds. The first-order chi connectivity index (χ1) is 9.95. The maximum Gasteiger partial charge on any atom is 0.257 e. The summed E-state index contributed by atoms with van der Waals surface area (Å²) in [7, 11) is 1.81. The van der Waals surface area contributed by atoms with Crippen LogP contribution in [0.4, 0.5) is 11.4 Å². The average molecular weight is 354 g/mol. The van der Waals surface area contributed by atoms with Gasteiger partial charge in [0, 0.05) is 28.8 Å². The van der Waals surface area contributed by atoms with E-state index in [-0.39, 0.29) is 12.5 Å². The van der Waals surface area contributed by atoms with Crippen molar-refractivity contribution in [3.05, 3.63) is 22.2 Å². The zero-order chi connectivity index (χ0) is 15.1. The number of nitrogens with one attached hydrogen (secondary N) is 2. The van der Waals surface area contributed by atoms with E-state index in [1.54, 1.807) is 17.0 Å². The summed E-state index contributed by atoms with van der Waals surface area (Å²) < 4.78 is 0.735. The second-order valence-corrected chi connectivity index (χ2v) is 6.33. The number of amides is 2. The number of anilines is 2. The fraction of sp³-hybridized carbons (Fsp3) is 0.429. The predicted molar refractivity (Wildman–Crippen MR) is 82.2 cm³/mol. The summed E-state index contributed by atoms with van der Waals surface area (Å²) in [5.41, 5.74) is 1.92. The van der Waals surface area contributed by atoms with Crippen molar-refractivity contribution in [3.8, 4) is 0 Å². The highest BCUT2D eigenvalue weighted by Gasteiger charge is 2.30. The molecule has 1 aliphatic heterocycles. The van der Waals surface area contributed by atoms with Crippen molar-refractivity contribution in [2.45, 2.75) is 25.0 Å². The molecule has 1 atom stereocenters. The van der Waals surface area contributed by atoms with E-state index >= 15 is 0 Å². The molecule has 6 nitrogen and oxygen atoms in total. The molecule has 0 radical (unpaired) electrons. The highest BCUT2D eigenvalue weighted by atomic mass is 79.9. The third-order valence-corrected chi connectivity index (χ3v) is 4.29. The third-order valence-electron chi connectivity index (χ3n) is 3.65. The van der Waals surface area contributed by atoms with Crippen molar-refractivity contribution in [1.29, 1.82) is 0 Å². The molecule has 21 heavy (non-hydrogen) atoms.